The van der Waals surface area contributed by atoms with Crippen molar-refractivity contribution in [2.75, 3.05) is 11.1 Å². The highest BCUT2D eigenvalue weighted by Gasteiger charge is 2.10. The van der Waals surface area contributed by atoms with Gasteiger partial charge in [0, 0.05) is 5.56 Å². The Morgan fingerprint density at radius 2 is 2.05 bits per heavy atom. The average molecular weight is 285 g/mol. The molecule has 3 aromatic rings. The summed E-state index contributed by atoms with van der Waals surface area (Å²) in [6.45, 7) is 0. The summed E-state index contributed by atoms with van der Waals surface area (Å²) < 4.78 is 0.854. The van der Waals surface area contributed by atoms with Crippen LogP contribution in [0.1, 0.15) is 10.4 Å². The molecule has 20 heavy (non-hydrogen) atoms. The first kappa shape index (κ1) is 12.4. The highest BCUT2D eigenvalue weighted by Crippen LogP contribution is 2.26. The minimum Gasteiger partial charge on any atom is -0.506 e. The maximum atomic E-state index is 12.1. The molecule has 0 saturated carbocycles. The van der Waals surface area contributed by atoms with E-state index in [-0.39, 0.29) is 11.7 Å². The number of phenolic OH excluding ortho intramolecular Hbond substituents is 1. The largest absolute Gasteiger partial charge is 0.506 e. The SMILES string of the molecule is Nc1nc2ccc(C(=O)Nc3ccccc3O)cc2s1. The number of nitrogens with zero attached hydrogens (tertiary/aromatic N) is 1. The lowest BCUT2D eigenvalue weighted by atomic mass is 10.2. The van der Waals surface area contributed by atoms with E-state index < -0.39 is 0 Å². The minimum absolute atomic E-state index is 0.0314. The predicted octanol–water partition coefficient (Wildman–Crippen LogP) is 2.84. The normalized spacial score (nSPS) is 10.6. The van der Waals surface area contributed by atoms with Gasteiger partial charge in [-0.15, -0.1) is 0 Å². The van der Waals surface area contributed by atoms with Gasteiger partial charge < -0.3 is 16.2 Å². The van der Waals surface area contributed by atoms with Gasteiger partial charge in [0.05, 0.1) is 15.9 Å². The number of aromatic hydroxyl groups is 1. The van der Waals surface area contributed by atoms with Crippen LogP contribution in [-0.4, -0.2) is 16.0 Å². The van der Waals surface area contributed by atoms with Crippen molar-refractivity contribution < 1.29 is 9.90 Å². The molecule has 0 atom stereocenters. The maximum Gasteiger partial charge on any atom is 0.255 e. The van der Waals surface area contributed by atoms with Crippen molar-refractivity contribution in [3.8, 4) is 5.75 Å². The van der Waals surface area contributed by atoms with Crippen LogP contribution in [0.4, 0.5) is 10.8 Å². The Bertz CT molecular complexity index is 798. The van der Waals surface area contributed by atoms with E-state index in [4.69, 9.17) is 5.73 Å². The molecule has 0 aliphatic rings. The molecule has 0 aliphatic carbocycles. The number of para-hydroxylation sites is 2. The first-order valence-corrected chi connectivity index (χ1v) is 6.70. The van der Waals surface area contributed by atoms with E-state index >= 15 is 0 Å². The molecule has 0 unspecified atom stereocenters. The van der Waals surface area contributed by atoms with E-state index in [0.29, 0.717) is 16.4 Å². The fraction of sp³-hybridized carbons (Fsp3) is 0. The lowest BCUT2D eigenvalue weighted by Crippen LogP contribution is -2.11. The first-order chi connectivity index (χ1) is 9.63. The summed E-state index contributed by atoms with van der Waals surface area (Å²) in [6.07, 6.45) is 0. The number of amides is 1. The summed E-state index contributed by atoms with van der Waals surface area (Å²) >= 11 is 1.33. The second-order valence-electron chi connectivity index (χ2n) is 4.21. The zero-order chi connectivity index (χ0) is 14.1. The number of hydrogen-bond donors (Lipinski definition) is 3. The fourth-order valence-electron chi connectivity index (χ4n) is 1.86. The van der Waals surface area contributed by atoms with Crippen LogP contribution >= 0.6 is 11.3 Å². The van der Waals surface area contributed by atoms with E-state index in [2.05, 4.69) is 10.3 Å². The number of anilines is 2. The summed E-state index contributed by atoms with van der Waals surface area (Å²) in [7, 11) is 0. The number of carbonyl (C=O) groups excluding carboxylic acids is 1. The van der Waals surface area contributed by atoms with Gasteiger partial charge in [-0.3, -0.25) is 4.79 Å². The molecule has 0 aliphatic heterocycles. The lowest BCUT2D eigenvalue weighted by Gasteiger charge is -2.06. The number of aromatic nitrogens is 1. The van der Waals surface area contributed by atoms with Gasteiger partial charge in [0.15, 0.2) is 5.13 Å². The Labute approximate surface area is 118 Å². The molecule has 5 nitrogen and oxygen atoms in total. The predicted molar refractivity (Wildman–Crippen MR) is 80.1 cm³/mol. The Kier molecular flexibility index (Phi) is 3.00. The second kappa shape index (κ2) is 4.82. The van der Waals surface area contributed by atoms with Crippen LogP contribution in [0.2, 0.25) is 0 Å². The second-order valence-corrected chi connectivity index (χ2v) is 5.27. The first-order valence-electron chi connectivity index (χ1n) is 5.89. The monoisotopic (exact) mass is 285 g/mol. The summed E-state index contributed by atoms with van der Waals surface area (Å²) in [5, 5.41) is 12.8. The van der Waals surface area contributed by atoms with Gasteiger partial charge in [-0.1, -0.05) is 23.5 Å². The van der Waals surface area contributed by atoms with Crippen molar-refractivity contribution in [1.29, 1.82) is 0 Å². The average Bonchev–Trinajstić information content (AvgIpc) is 2.80. The smallest absolute Gasteiger partial charge is 0.255 e. The number of nitrogens with one attached hydrogen (secondary N) is 1. The number of phenols is 1. The molecule has 3 rings (SSSR count). The molecular formula is C14H11N3O2S. The number of benzene rings is 2. The number of carbonyl (C=O) groups is 1. The highest BCUT2D eigenvalue weighted by molar-refractivity contribution is 7.22. The summed E-state index contributed by atoms with van der Waals surface area (Å²) in [4.78, 5) is 16.3. The molecular weight excluding hydrogens is 274 g/mol. The number of rotatable bonds is 2. The zero-order valence-electron chi connectivity index (χ0n) is 10.3. The van der Waals surface area contributed by atoms with Gasteiger partial charge in [-0.25, -0.2) is 4.98 Å². The molecule has 2 aromatic carbocycles. The molecule has 0 saturated heterocycles. The molecule has 0 bridgehead atoms. The van der Waals surface area contributed by atoms with Gasteiger partial charge in [0.2, 0.25) is 0 Å². The van der Waals surface area contributed by atoms with Crippen molar-refractivity contribution in [3.63, 3.8) is 0 Å². The topological polar surface area (TPSA) is 88.2 Å². The van der Waals surface area contributed by atoms with Gasteiger partial charge in [0.1, 0.15) is 5.75 Å². The van der Waals surface area contributed by atoms with E-state index in [1.54, 1.807) is 36.4 Å². The Morgan fingerprint density at radius 3 is 2.85 bits per heavy atom. The Balaban J connectivity index is 1.90. The number of nitrogens with two attached hydrogens (primary N) is 1. The Hall–Kier alpha value is -2.60. The Morgan fingerprint density at radius 1 is 1.25 bits per heavy atom. The van der Waals surface area contributed by atoms with Crippen LogP contribution in [0.3, 0.4) is 0 Å². The number of nitrogen functional groups attached to an aromatic ring is 1. The van der Waals surface area contributed by atoms with Crippen molar-refractivity contribution in [2.24, 2.45) is 0 Å². The van der Waals surface area contributed by atoms with Crippen molar-refractivity contribution in [3.05, 3.63) is 48.0 Å². The molecule has 100 valence electrons. The summed E-state index contributed by atoms with van der Waals surface area (Å²) in [5.74, 6) is -0.260. The molecule has 1 heterocycles. The summed E-state index contributed by atoms with van der Waals surface area (Å²) in [5.41, 5.74) is 7.27. The quantitative estimate of drug-likeness (QED) is 0.632. The number of hydrogen-bond acceptors (Lipinski definition) is 5. The van der Waals surface area contributed by atoms with E-state index in [0.717, 1.165) is 10.2 Å². The number of fused-ring (bicyclic) bond motifs is 1. The van der Waals surface area contributed by atoms with Crippen LogP contribution in [0, 0.1) is 0 Å². The van der Waals surface area contributed by atoms with Crippen LogP contribution in [-0.2, 0) is 0 Å². The molecule has 1 amide bonds. The lowest BCUT2D eigenvalue weighted by molar-refractivity contribution is 0.102. The van der Waals surface area contributed by atoms with Crippen LogP contribution in [0.25, 0.3) is 10.2 Å². The third kappa shape index (κ3) is 2.28. The van der Waals surface area contributed by atoms with Gasteiger partial charge in [-0.05, 0) is 30.3 Å². The molecule has 0 spiro atoms. The molecule has 4 N–H and O–H groups in total. The third-order valence-electron chi connectivity index (χ3n) is 2.82. The minimum atomic E-state index is -0.291. The van der Waals surface area contributed by atoms with Gasteiger partial charge in [-0.2, -0.15) is 0 Å². The molecule has 1 aromatic heterocycles. The zero-order valence-corrected chi connectivity index (χ0v) is 11.1. The van der Waals surface area contributed by atoms with Crippen molar-refractivity contribution in [1.82, 2.24) is 4.98 Å². The fourth-order valence-corrected chi connectivity index (χ4v) is 2.63. The molecule has 6 heteroatoms. The van der Waals surface area contributed by atoms with E-state index in [1.165, 1.54) is 17.4 Å². The van der Waals surface area contributed by atoms with E-state index in [1.807, 2.05) is 0 Å². The van der Waals surface area contributed by atoms with Gasteiger partial charge in [0.25, 0.3) is 5.91 Å². The summed E-state index contributed by atoms with van der Waals surface area (Å²) in [6, 6.07) is 11.7. The highest BCUT2D eigenvalue weighted by atomic mass is 32.1. The van der Waals surface area contributed by atoms with E-state index in [9.17, 15) is 9.90 Å². The van der Waals surface area contributed by atoms with Crippen LogP contribution in [0.5, 0.6) is 5.75 Å². The number of thiazole rings is 1. The molecule has 0 radical (unpaired) electrons. The standard InChI is InChI=1S/C14H11N3O2S/c15-14-17-10-6-5-8(7-12(10)20-14)13(19)16-9-3-1-2-4-11(9)18/h1-7,18H,(H2,15,17)(H,16,19). The van der Waals surface area contributed by atoms with Crippen molar-refractivity contribution in [2.45, 2.75) is 0 Å². The van der Waals surface area contributed by atoms with Crippen LogP contribution in [0.15, 0.2) is 42.5 Å². The maximum absolute atomic E-state index is 12.1. The van der Waals surface area contributed by atoms with Crippen molar-refractivity contribution >= 4 is 38.3 Å². The van der Waals surface area contributed by atoms with Crippen LogP contribution < -0.4 is 11.1 Å². The van der Waals surface area contributed by atoms with Gasteiger partial charge >= 0.3 is 0 Å². The molecule has 0 fully saturated rings. The third-order valence-corrected chi connectivity index (χ3v) is 3.67.